The number of hydrogen-bond donors (Lipinski definition) is 0. The Morgan fingerprint density at radius 1 is 0.833 bits per heavy atom. The molecule has 3 aromatic rings. The third-order valence-corrected chi connectivity index (χ3v) is 5.46. The largest absolute Gasteiger partial charge is 0.451 e. The molecule has 7 heteroatoms. The Kier molecular flexibility index (Phi) is 5.86. The summed E-state index contributed by atoms with van der Waals surface area (Å²) in [6.07, 6.45) is 0.601. The zero-order valence-corrected chi connectivity index (χ0v) is 16.9. The minimum absolute atomic E-state index is 0.0488. The van der Waals surface area contributed by atoms with Gasteiger partial charge in [-0.1, -0.05) is 35.9 Å². The standard InChI is InChI=1S/C23H20ClFN2O3/c24-18-8-3-1-6-16(18)20-10-11-21(30-20)23(29)27-13-5-12-26(14-15-27)22(28)17-7-2-4-9-19(17)25/h1-4,6-11H,5,12-15H2. The summed E-state index contributed by atoms with van der Waals surface area (Å²) in [5.74, 6) is -0.397. The molecular weight excluding hydrogens is 407 g/mol. The zero-order chi connectivity index (χ0) is 21.1. The molecule has 0 atom stereocenters. The summed E-state index contributed by atoms with van der Waals surface area (Å²) >= 11 is 6.21. The highest BCUT2D eigenvalue weighted by Gasteiger charge is 2.26. The van der Waals surface area contributed by atoms with Crippen molar-refractivity contribution in [3.63, 3.8) is 0 Å². The van der Waals surface area contributed by atoms with Crippen LogP contribution in [0, 0.1) is 5.82 Å². The molecule has 2 aromatic carbocycles. The quantitative estimate of drug-likeness (QED) is 0.608. The van der Waals surface area contributed by atoms with E-state index in [9.17, 15) is 14.0 Å². The summed E-state index contributed by atoms with van der Waals surface area (Å²) in [4.78, 5) is 28.8. The highest BCUT2D eigenvalue weighted by atomic mass is 35.5. The Labute approximate surface area is 178 Å². The van der Waals surface area contributed by atoms with Crippen LogP contribution >= 0.6 is 11.6 Å². The molecule has 0 unspecified atom stereocenters. The molecule has 0 N–H and O–H groups in total. The van der Waals surface area contributed by atoms with Crippen molar-refractivity contribution in [3.8, 4) is 11.3 Å². The maximum Gasteiger partial charge on any atom is 0.289 e. The molecule has 1 aliphatic heterocycles. The van der Waals surface area contributed by atoms with E-state index in [1.54, 1.807) is 40.1 Å². The fourth-order valence-corrected chi connectivity index (χ4v) is 3.77. The minimum atomic E-state index is -0.539. The molecule has 1 saturated heterocycles. The predicted molar refractivity (Wildman–Crippen MR) is 112 cm³/mol. The average molecular weight is 427 g/mol. The number of rotatable bonds is 3. The topological polar surface area (TPSA) is 53.8 Å². The van der Waals surface area contributed by atoms with E-state index in [-0.39, 0.29) is 23.1 Å². The third-order valence-electron chi connectivity index (χ3n) is 5.13. The predicted octanol–water partition coefficient (Wildman–Crippen LogP) is 4.73. The number of nitrogens with zero attached hydrogens (tertiary/aromatic N) is 2. The highest BCUT2D eigenvalue weighted by Crippen LogP contribution is 2.29. The first kappa shape index (κ1) is 20.2. The smallest absolute Gasteiger partial charge is 0.289 e. The Morgan fingerprint density at radius 2 is 1.50 bits per heavy atom. The van der Waals surface area contributed by atoms with Gasteiger partial charge in [0.05, 0.1) is 10.6 Å². The molecule has 30 heavy (non-hydrogen) atoms. The van der Waals surface area contributed by atoms with Gasteiger partial charge < -0.3 is 14.2 Å². The van der Waals surface area contributed by atoms with Crippen LogP contribution in [0.2, 0.25) is 5.02 Å². The lowest BCUT2D eigenvalue weighted by molar-refractivity contribution is 0.0699. The summed E-state index contributed by atoms with van der Waals surface area (Å²) in [5, 5.41) is 0.544. The van der Waals surface area contributed by atoms with Gasteiger partial charge >= 0.3 is 0 Å². The van der Waals surface area contributed by atoms with E-state index < -0.39 is 5.82 Å². The fraction of sp³-hybridized carbons (Fsp3) is 0.217. The van der Waals surface area contributed by atoms with Crippen molar-refractivity contribution in [1.29, 1.82) is 0 Å². The number of halogens is 2. The Bertz CT molecular complexity index is 1080. The lowest BCUT2D eigenvalue weighted by Gasteiger charge is -2.22. The molecule has 0 saturated carbocycles. The van der Waals surface area contributed by atoms with Crippen LogP contribution in [-0.2, 0) is 0 Å². The molecular formula is C23H20ClFN2O3. The van der Waals surface area contributed by atoms with E-state index in [0.717, 1.165) is 5.56 Å². The van der Waals surface area contributed by atoms with Crippen LogP contribution in [0.5, 0.6) is 0 Å². The summed E-state index contributed by atoms with van der Waals surface area (Å²) in [5.41, 5.74) is 0.767. The Hall–Kier alpha value is -3.12. The first-order chi connectivity index (χ1) is 14.5. The normalized spacial score (nSPS) is 14.5. The molecule has 4 rings (SSSR count). The van der Waals surface area contributed by atoms with E-state index in [2.05, 4.69) is 0 Å². The number of carbonyl (C=O) groups excluding carboxylic acids is 2. The van der Waals surface area contributed by atoms with Crippen LogP contribution < -0.4 is 0 Å². The van der Waals surface area contributed by atoms with E-state index in [1.165, 1.54) is 12.1 Å². The van der Waals surface area contributed by atoms with Gasteiger partial charge in [0, 0.05) is 31.7 Å². The van der Waals surface area contributed by atoms with Crippen molar-refractivity contribution in [1.82, 2.24) is 9.80 Å². The summed E-state index contributed by atoms with van der Waals surface area (Å²) in [6.45, 7) is 1.63. The van der Waals surface area contributed by atoms with Crippen molar-refractivity contribution in [3.05, 3.63) is 82.8 Å². The van der Waals surface area contributed by atoms with Crippen LogP contribution in [0.3, 0.4) is 0 Å². The lowest BCUT2D eigenvalue weighted by atomic mass is 10.2. The fourth-order valence-electron chi connectivity index (χ4n) is 3.54. The molecule has 0 aliphatic carbocycles. The maximum atomic E-state index is 14.0. The first-order valence-corrected chi connectivity index (χ1v) is 10.1. The average Bonchev–Trinajstić information content (AvgIpc) is 3.11. The van der Waals surface area contributed by atoms with Crippen molar-refractivity contribution < 1.29 is 18.4 Å². The molecule has 154 valence electrons. The lowest BCUT2D eigenvalue weighted by Crippen LogP contribution is -2.37. The van der Waals surface area contributed by atoms with Crippen LogP contribution in [0.4, 0.5) is 4.39 Å². The molecule has 1 aliphatic rings. The molecule has 0 radical (unpaired) electrons. The maximum absolute atomic E-state index is 14.0. The summed E-state index contributed by atoms with van der Waals surface area (Å²) < 4.78 is 19.7. The Balaban J connectivity index is 1.45. The van der Waals surface area contributed by atoms with Crippen LogP contribution in [0.1, 0.15) is 27.3 Å². The van der Waals surface area contributed by atoms with Gasteiger partial charge in [-0.2, -0.15) is 0 Å². The molecule has 5 nitrogen and oxygen atoms in total. The minimum Gasteiger partial charge on any atom is -0.451 e. The molecule has 1 fully saturated rings. The van der Waals surface area contributed by atoms with Crippen molar-refractivity contribution in [2.24, 2.45) is 0 Å². The van der Waals surface area contributed by atoms with Gasteiger partial charge in [-0.3, -0.25) is 9.59 Å². The summed E-state index contributed by atoms with van der Waals surface area (Å²) in [6, 6.07) is 16.6. The van der Waals surface area contributed by atoms with E-state index in [0.29, 0.717) is 43.4 Å². The van der Waals surface area contributed by atoms with Crippen molar-refractivity contribution in [2.75, 3.05) is 26.2 Å². The SMILES string of the molecule is O=C(c1ccc(-c2ccccc2Cl)o1)N1CCCN(C(=O)c2ccccc2F)CC1. The molecule has 1 aromatic heterocycles. The van der Waals surface area contributed by atoms with E-state index in [4.69, 9.17) is 16.0 Å². The second-order valence-corrected chi connectivity index (χ2v) is 7.47. The molecule has 2 heterocycles. The van der Waals surface area contributed by atoms with Gasteiger partial charge in [0.25, 0.3) is 11.8 Å². The van der Waals surface area contributed by atoms with Gasteiger partial charge in [-0.15, -0.1) is 0 Å². The van der Waals surface area contributed by atoms with Crippen LogP contribution in [0.25, 0.3) is 11.3 Å². The Morgan fingerprint density at radius 3 is 2.23 bits per heavy atom. The summed E-state index contributed by atoms with van der Waals surface area (Å²) in [7, 11) is 0. The molecule has 2 amide bonds. The first-order valence-electron chi connectivity index (χ1n) is 9.72. The van der Waals surface area contributed by atoms with Gasteiger partial charge in [-0.25, -0.2) is 4.39 Å². The number of hydrogen-bond acceptors (Lipinski definition) is 3. The van der Waals surface area contributed by atoms with Gasteiger partial charge in [0.15, 0.2) is 5.76 Å². The van der Waals surface area contributed by atoms with E-state index >= 15 is 0 Å². The van der Waals surface area contributed by atoms with Gasteiger partial charge in [-0.05, 0) is 42.8 Å². The zero-order valence-electron chi connectivity index (χ0n) is 16.2. The van der Waals surface area contributed by atoms with E-state index in [1.807, 2.05) is 18.2 Å². The number of carbonyl (C=O) groups is 2. The highest BCUT2D eigenvalue weighted by molar-refractivity contribution is 6.33. The molecule has 0 bridgehead atoms. The second-order valence-electron chi connectivity index (χ2n) is 7.06. The number of benzene rings is 2. The molecule has 0 spiro atoms. The van der Waals surface area contributed by atoms with Crippen molar-refractivity contribution in [2.45, 2.75) is 6.42 Å². The monoisotopic (exact) mass is 426 g/mol. The van der Waals surface area contributed by atoms with Crippen molar-refractivity contribution >= 4 is 23.4 Å². The second kappa shape index (κ2) is 8.71. The van der Waals surface area contributed by atoms with Gasteiger partial charge in [0.1, 0.15) is 11.6 Å². The number of amides is 2. The third kappa shape index (κ3) is 4.09. The van der Waals surface area contributed by atoms with Crippen LogP contribution in [-0.4, -0.2) is 47.8 Å². The number of furan rings is 1. The van der Waals surface area contributed by atoms with Gasteiger partial charge in [0.2, 0.25) is 0 Å². The van der Waals surface area contributed by atoms with Crippen LogP contribution in [0.15, 0.2) is 65.1 Å².